The third-order valence-electron chi connectivity index (χ3n) is 8.87. The number of hydrogen-bond donors (Lipinski definition) is 0. The zero-order valence-electron chi connectivity index (χ0n) is 26.3. The van der Waals surface area contributed by atoms with Crippen molar-refractivity contribution in [1.82, 2.24) is 9.80 Å². The molecule has 0 bridgehead atoms. The van der Waals surface area contributed by atoms with Gasteiger partial charge in [-0.15, -0.1) is 11.8 Å². The zero-order chi connectivity index (χ0) is 31.1. The van der Waals surface area contributed by atoms with Crippen LogP contribution in [0.3, 0.4) is 0 Å². The van der Waals surface area contributed by atoms with Gasteiger partial charge in [0.2, 0.25) is 0 Å². The monoisotopic (exact) mass is 637 g/mol. The van der Waals surface area contributed by atoms with E-state index in [0.29, 0.717) is 11.6 Å². The highest BCUT2D eigenvalue weighted by molar-refractivity contribution is 8.00. The molecule has 2 unspecified atom stereocenters. The van der Waals surface area contributed by atoms with Gasteiger partial charge in [-0.1, -0.05) is 23.7 Å². The number of methoxy groups -OCH3 is 2. The van der Waals surface area contributed by atoms with Gasteiger partial charge in [0.1, 0.15) is 29.6 Å². The topological polar surface area (TPSA) is 54.5 Å². The van der Waals surface area contributed by atoms with E-state index in [0.717, 1.165) is 98.2 Å². The van der Waals surface area contributed by atoms with Gasteiger partial charge in [0.05, 0.1) is 31.3 Å². The molecular formula is C35H44ClN3O4S. The maximum Gasteiger partial charge on any atom is 0.144 e. The third-order valence-corrected chi connectivity index (χ3v) is 10.6. The van der Waals surface area contributed by atoms with Crippen LogP contribution in [0.4, 0.5) is 5.69 Å². The lowest BCUT2D eigenvalue weighted by molar-refractivity contribution is -0.109. The van der Waals surface area contributed by atoms with Crippen molar-refractivity contribution in [1.29, 1.82) is 0 Å². The Morgan fingerprint density at radius 1 is 0.932 bits per heavy atom. The number of aldehydes is 1. The lowest BCUT2D eigenvalue weighted by atomic mass is 9.90. The van der Waals surface area contributed by atoms with Gasteiger partial charge < -0.3 is 33.7 Å². The number of piperazine rings is 1. The molecule has 0 saturated carbocycles. The first-order chi connectivity index (χ1) is 21.3. The molecule has 0 radical (unpaired) electrons. The lowest BCUT2D eigenvalue weighted by Crippen LogP contribution is -2.49. The number of thioether (sulfide) groups is 1. The van der Waals surface area contributed by atoms with Crippen LogP contribution < -0.4 is 19.1 Å². The number of unbranched alkanes of at least 4 members (excludes halogenated alkanes) is 1. The number of fused-ring (bicyclic) bond motifs is 1. The Kier molecular flexibility index (Phi) is 11.0. The summed E-state index contributed by atoms with van der Waals surface area (Å²) in [5, 5.41) is 0.641. The summed E-state index contributed by atoms with van der Waals surface area (Å²) in [6.07, 6.45) is 4.06. The van der Waals surface area contributed by atoms with Crippen molar-refractivity contribution in [2.24, 2.45) is 0 Å². The first-order valence-corrected chi connectivity index (χ1v) is 16.6. The molecular weight excluding hydrogens is 594 g/mol. The quantitative estimate of drug-likeness (QED) is 0.158. The standard InChI is InChI=1S/C35H44ClN3O4S/c1-35(34(25-40)37(2)31-9-5-6-10-33(31)44-35)30-23-27(36)11-12-32(30)43-20-8-7-14-38-16-18-39(19-17-38)15-13-26-21-28(41-3)24-29(22-26)42-4/h5-6,9-12,21-25,34H,7-8,13-20H2,1-4H3. The number of ether oxygens (including phenoxy) is 3. The first-order valence-electron chi connectivity index (χ1n) is 15.4. The van der Waals surface area contributed by atoms with Gasteiger partial charge in [-0.2, -0.15) is 0 Å². The van der Waals surface area contributed by atoms with Crippen molar-refractivity contribution >= 4 is 35.3 Å². The molecule has 2 atom stereocenters. The second-order valence-electron chi connectivity index (χ2n) is 11.7. The Bertz CT molecular complexity index is 1390. The van der Waals surface area contributed by atoms with E-state index < -0.39 is 4.75 Å². The summed E-state index contributed by atoms with van der Waals surface area (Å²) in [5.41, 5.74) is 3.26. The summed E-state index contributed by atoms with van der Waals surface area (Å²) in [6.45, 7) is 9.18. The number of nitrogens with zero attached hydrogens (tertiary/aromatic N) is 3. The van der Waals surface area contributed by atoms with Crippen molar-refractivity contribution in [3.05, 3.63) is 76.8 Å². The Hall–Kier alpha value is -2.91. The number of para-hydroxylation sites is 1. The highest BCUT2D eigenvalue weighted by atomic mass is 35.5. The van der Waals surface area contributed by atoms with Gasteiger partial charge in [-0.05, 0) is 80.8 Å². The number of carbonyl (C=O) groups is 1. The molecule has 9 heteroatoms. The Labute approximate surface area is 271 Å². The molecule has 7 nitrogen and oxygen atoms in total. The lowest BCUT2D eigenvalue weighted by Gasteiger charge is -2.46. The van der Waals surface area contributed by atoms with Gasteiger partial charge in [0, 0.05) is 61.3 Å². The van der Waals surface area contributed by atoms with E-state index in [4.69, 9.17) is 25.8 Å². The molecule has 1 fully saturated rings. The first kappa shape index (κ1) is 32.5. The fourth-order valence-corrected chi connectivity index (χ4v) is 7.94. The number of benzene rings is 3. The van der Waals surface area contributed by atoms with Crippen molar-refractivity contribution < 1.29 is 19.0 Å². The maximum absolute atomic E-state index is 12.4. The van der Waals surface area contributed by atoms with Crippen molar-refractivity contribution in [2.45, 2.75) is 41.9 Å². The molecule has 0 N–H and O–H groups in total. The SMILES string of the molecule is COc1cc(CCN2CCN(CCCCOc3ccc(Cl)cc3C3(C)Sc4ccccc4N(C)C3C=O)CC2)cc(OC)c1. The summed E-state index contributed by atoms with van der Waals surface area (Å²) in [7, 11) is 5.37. The maximum atomic E-state index is 12.4. The highest BCUT2D eigenvalue weighted by Crippen LogP contribution is 2.54. The predicted molar refractivity (Wildman–Crippen MR) is 180 cm³/mol. The van der Waals surface area contributed by atoms with Gasteiger partial charge >= 0.3 is 0 Å². The van der Waals surface area contributed by atoms with Crippen LogP contribution in [0, 0.1) is 0 Å². The van der Waals surface area contributed by atoms with Crippen molar-refractivity contribution in [3.63, 3.8) is 0 Å². The fraction of sp³-hybridized carbons (Fsp3) is 0.457. The van der Waals surface area contributed by atoms with Crippen LogP contribution >= 0.6 is 23.4 Å². The molecule has 0 spiro atoms. The smallest absolute Gasteiger partial charge is 0.144 e. The van der Waals surface area contributed by atoms with E-state index in [2.05, 4.69) is 45.9 Å². The van der Waals surface area contributed by atoms with Crippen LogP contribution in [0.5, 0.6) is 17.2 Å². The fourth-order valence-electron chi connectivity index (χ4n) is 6.25. The molecule has 44 heavy (non-hydrogen) atoms. The van der Waals surface area contributed by atoms with Gasteiger partial charge in [-0.3, -0.25) is 0 Å². The molecule has 2 aliphatic heterocycles. The molecule has 0 aromatic heterocycles. The molecule has 0 aliphatic carbocycles. The second kappa shape index (κ2) is 14.9. The van der Waals surface area contributed by atoms with E-state index >= 15 is 0 Å². The van der Waals surface area contributed by atoms with Gasteiger partial charge in [0.15, 0.2) is 0 Å². The minimum atomic E-state index is -0.552. The summed E-state index contributed by atoms with van der Waals surface area (Å²) in [5.74, 6) is 2.48. The van der Waals surface area contributed by atoms with Crippen LogP contribution in [0.1, 0.15) is 30.9 Å². The average Bonchev–Trinajstić information content (AvgIpc) is 3.04. The highest BCUT2D eigenvalue weighted by Gasteiger charge is 2.46. The molecule has 3 aromatic carbocycles. The summed E-state index contributed by atoms with van der Waals surface area (Å²) >= 11 is 8.20. The minimum absolute atomic E-state index is 0.361. The number of hydrogen-bond acceptors (Lipinski definition) is 8. The summed E-state index contributed by atoms with van der Waals surface area (Å²) in [4.78, 5) is 20.7. The van der Waals surface area contributed by atoms with Crippen LogP contribution in [-0.2, 0) is 16.0 Å². The summed E-state index contributed by atoms with van der Waals surface area (Å²) < 4.78 is 16.7. The normalized spacial score (nSPS) is 20.7. The Balaban J connectivity index is 1.10. The van der Waals surface area contributed by atoms with E-state index in [1.54, 1.807) is 26.0 Å². The number of likely N-dealkylation sites (N-methyl/N-ethyl adjacent to an activating group) is 1. The van der Waals surface area contributed by atoms with Crippen LogP contribution in [0.25, 0.3) is 0 Å². The van der Waals surface area contributed by atoms with Gasteiger partial charge in [0.25, 0.3) is 0 Å². The number of anilines is 1. The van der Waals surface area contributed by atoms with E-state index in [-0.39, 0.29) is 6.04 Å². The van der Waals surface area contributed by atoms with Crippen LogP contribution in [0.15, 0.2) is 65.6 Å². The molecule has 2 aliphatic rings. The summed E-state index contributed by atoms with van der Waals surface area (Å²) in [6, 6.07) is 19.8. The minimum Gasteiger partial charge on any atom is -0.497 e. The molecule has 5 rings (SSSR count). The number of carbonyl (C=O) groups excluding carboxylic acids is 1. The largest absolute Gasteiger partial charge is 0.497 e. The Morgan fingerprint density at radius 3 is 2.30 bits per heavy atom. The zero-order valence-corrected chi connectivity index (χ0v) is 27.8. The average molecular weight is 638 g/mol. The molecule has 1 saturated heterocycles. The number of rotatable bonds is 13. The number of halogens is 1. The Morgan fingerprint density at radius 2 is 1.61 bits per heavy atom. The van der Waals surface area contributed by atoms with Crippen molar-refractivity contribution in [2.75, 3.05) is 72.0 Å². The molecule has 3 aromatic rings. The van der Waals surface area contributed by atoms with E-state index in [1.165, 1.54) is 5.56 Å². The van der Waals surface area contributed by atoms with Crippen LogP contribution in [0.2, 0.25) is 5.02 Å². The van der Waals surface area contributed by atoms with Crippen LogP contribution in [-0.4, -0.2) is 89.3 Å². The van der Waals surface area contributed by atoms with E-state index in [1.807, 2.05) is 43.4 Å². The molecule has 0 amide bonds. The van der Waals surface area contributed by atoms with Crippen molar-refractivity contribution in [3.8, 4) is 17.2 Å². The van der Waals surface area contributed by atoms with E-state index in [9.17, 15) is 4.79 Å². The predicted octanol–water partition coefficient (Wildman–Crippen LogP) is 6.40. The van der Waals surface area contributed by atoms with Gasteiger partial charge in [-0.25, -0.2) is 0 Å². The molecule has 236 valence electrons. The molecule has 2 heterocycles. The third kappa shape index (κ3) is 7.48. The second-order valence-corrected chi connectivity index (χ2v) is 13.6.